The van der Waals surface area contributed by atoms with E-state index in [-0.39, 0.29) is 0 Å². The Kier molecular flexibility index (Phi) is 5.05. The van der Waals surface area contributed by atoms with Crippen molar-refractivity contribution in [1.82, 2.24) is 0 Å². The van der Waals surface area contributed by atoms with E-state index in [0.29, 0.717) is 6.04 Å². The van der Waals surface area contributed by atoms with Gasteiger partial charge in [-0.05, 0) is 36.2 Å². The zero-order valence-electron chi connectivity index (χ0n) is 12.6. The van der Waals surface area contributed by atoms with Gasteiger partial charge in [-0.15, -0.1) is 0 Å². The number of benzene rings is 2. The first kappa shape index (κ1) is 14.4. The smallest absolute Gasteiger partial charge is 0.0513 e. The maximum absolute atomic E-state index is 3.64. The van der Waals surface area contributed by atoms with Crippen molar-refractivity contribution in [2.45, 2.75) is 25.8 Å². The number of nitrogens with one attached hydrogen (secondary N) is 1. The van der Waals surface area contributed by atoms with Crippen molar-refractivity contribution < 1.29 is 0 Å². The second-order valence-corrected chi connectivity index (χ2v) is 5.34. The van der Waals surface area contributed by atoms with Gasteiger partial charge in [0, 0.05) is 25.5 Å². The van der Waals surface area contributed by atoms with Gasteiger partial charge < -0.3 is 10.2 Å². The van der Waals surface area contributed by atoms with Crippen LogP contribution >= 0.6 is 0 Å². The number of rotatable bonds is 6. The number of anilines is 2. The molecular formula is C18H24N2. The third-order valence-electron chi connectivity index (χ3n) is 3.50. The van der Waals surface area contributed by atoms with Gasteiger partial charge in [-0.25, -0.2) is 0 Å². The summed E-state index contributed by atoms with van der Waals surface area (Å²) in [6, 6.07) is 19.7. The van der Waals surface area contributed by atoms with Crippen molar-refractivity contribution in [3.05, 3.63) is 60.2 Å². The van der Waals surface area contributed by atoms with Crippen LogP contribution in [0.4, 0.5) is 11.4 Å². The molecule has 0 bridgehead atoms. The van der Waals surface area contributed by atoms with Gasteiger partial charge in [-0.2, -0.15) is 0 Å². The highest BCUT2D eigenvalue weighted by Crippen LogP contribution is 2.25. The summed E-state index contributed by atoms with van der Waals surface area (Å²) in [5.74, 6) is 0. The van der Waals surface area contributed by atoms with Gasteiger partial charge in [0.1, 0.15) is 0 Å². The minimum absolute atomic E-state index is 0.381. The molecule has 0 aliphatic heterocycles. The second kappa shape index (κ2) is 6.99. The van der Waals surface area contributed by atoms with Crippen LogP contribution in [0.2, 0.25) is 0 Å². The zero-order valence-corrected chi connectivity index (χ0v) is 12.6. The van der Waals surface area contributed by atoms with Crippen LogP contribution in [0.5, 0.6) is 0 Å². The second-order valence-electron chi connectivity index (χ2n) is 5.34. The van der Waals surface area contributed by atoms with E-state index in [1.807, 2.05) is 0 Å². The van der Waals surface area contributed by atoms with Crippen LogP contribution in [0.1, 0.15) is 31.4 Å². The Morgan fingerprint density at radius 3 is 2.15 bits per heavy atom. The fourth-order valence-corrected chi connectivity index (χ4v) is 2.35. The van der Waals surface area contributed by atoms with Crippen LogP contribution < -0.4 is 10.2 Å². The fraction of sp³-hybridized carbons (Fsp3) is 0.333. The molecule has 1 N–H and O–H groups in total. The van der Waals surface area contributed by atoms with E-state index in [4.69, 9.17) is 0 Å². The Hall–Kier alpha value is -1.96. The molecule has 2 nitrogen and oxygen atoms in total. The van der Waals surface area contributed by atoms with E-state index in [0.717, 1.165) is 6.42 Å². The summed E-state index contributed by atoms with van der Waals surface area (Å²) in [5, 5.41) is 3.64. The molecule has 106 valence electrons. The average molecular weight is 268 g/mol. The maximum Gasteiger partial charge on any atom is 0.0513 e. The van der Waals surface area contributed by atoms with E-state index in [2.05, 4.69) is 85.8 Å². The molecule has 0 aliphatic carbocycles. The molecule has 0 amide bonds. The molecule has 2 rings (SSSR count). The lowest BCUT2D eigenvalue weighted by atomic mass is 10.0. The van der Waals surface area contributed by atoms with Gasteiger partial charge in [-0.3, -0.25) is 0 Å². The van der Waals surface area contributed by atoms with Crippen LogP contribution in [0, 0.1) is 0 Å². The van der Waals surface area contributed by atoms with Gasteiger partial charge >= 0.3 is 0 Å². The molecule has 0 saturated carbocycles. The molecule has 1 unspecified atom stereocenters. The molecule has 2 aromatic carbocycles. The zero-order chi connectivity index (χ0) is 14.4. The van der Waals surface area contributed by atoms with Crippen LogP contribution in [0.25, 0.3) is 0 Å². The standard InChI is InChI=1S/C18H24N2/c1-4-8-18(15-9-6-5-7-10-15)19-16-11-13-17(14-12-16)20(2)3/h5-7,9-14,18-19H,4,8H2,1-3H3. The summed E-state index contributed by atoms with van der Waals surface area (Å²) in [7, 11) is 4.12. The fourth-order valence-electron chi connectivity index (χ4n) is 2.35. The maximum atomic E-state index is 3.64. The summed E-state index contributed by atoms with van der Waals surface area (Å²) >= 11 is 0. The molecule has 0 spiro atoms. The molecule has 2 heteroatoms. The minimum Gasteiger partial charge on any atom is -0.378 e. The van der Waals surface area contributed by atoms with Crippen LogP contribution in [0.15, 0.2) is 54.6 Å². The summed E-state index contributed by atoms with van der Waals surface area (Å²) < 4.78 is 0. The summed E-state index contributed by atoms with van der Waals surface area (Å²) in [4.78, 5) is 2.12. The van der Waals surface area contributed by atoms with Crippen LogP contribution in [-0.2, 0) is 0 Å². The first-order valence-electron chi connectivity index (χ1n) is 7.29. The molecule has 0 aromatic heterocycles. The van der Waals surface area contributed by atoms with Gasteiger partial charge in [-0.1, -0.05) is 43.7 Å². The highest BCUT2D eigenvalue weighted by Gasteiger charge is 2.09. The van der Waals surface area contributed by atoms with E-state index in [1.54, 1.807) is 0 Å². The Morgan fingerprint density at radius 1 is 0.950 bits per heavy atom. The van der Waals surface area contributed by atoms with Crippen molar-refractivity contribution in [3.8, 4) is 0 Å². The molecule has 0 aliphatic rings. The van der Waals surface area contributed by atoms with Crippen molar-refractivity contribution in [2.75, 3.05) is 24.3 Å². The predicted molar refractivity (Wildman–Crippen MR) is 88.5 cm³/mol. The molecule has 1 atom stereocenters. The van der Waals surface area contributed by atoms with E-state index in [1.165, 1.54) is 23.4 Å². The van der Waals surface area contributed by atoms with E-state index < -0.39 is 0 Å². The van der Waals surface area contributed by atoms with Crippen molar-refractivity contribution in [1.29, 1.82) is 0 Å². The molecule has 2 aromatic rings. The third-order valence-corrected chi connectivity index (χ3v) is 3.50. The van der Waals surface area contributed by atoms with Gasteiger partial charge in [0.2, 0.25) is 0 Å². The summed E-state index contributed by atoms with van der Waals surface area (Å²) in [6.07, 6.45) is 2.31. The predicted octanol–water partition coefficient (Wildman–Crippen LogP) is 4.71. The Labute approximate surface area is 122 Å². The van der Waals surface area contributed by atoms with E-state index >= 15 is 0 Å². The normalized spacial score (nSPS) is 11.9. The first-order chi connectivity index (χ1) is 9.70. The molecule has 0 saturated heterocycles. The first-order valence-corrected chi connectivity index (χ1v) is 7.29. The van der Waals surface area contributed by atoms with Gasteiger partial charge in [0.15, 0.2) is 0 Å². The lowest BCUT2D eigenvalue weighted by Crippen LogP contribution is -2.11. The lowest BCUT2D eigenvalue weighted by molar-refractivity contribution is 0.677. The van der Waals surface area contributed by atoms with Crippen molar-refractivity contribution in [2.24, 2.45) is 0 Å². The largest absolute Gasteiger partial charge is 0.378 e. The Balaban J connectivity index is 2.12. The van der Waals surface area contributed by atoms with Crippen LogP contribution in [-0.4, -0.2) is 14.1 Å². The SMILES string of the molecule is CCCC(Nc1ccc(N(C)C)cc1)c1ccccc1. The monoisotopic (exact) mass is 268 g/mol. The van der Waals surface area contributed by atoms with Crippen molar-refractivity contribution in [3.63, 3.8) is 0 Å². The lowest BCUT2D eigenvalue weighted by Gasteiger charge is -2.21. The van der Waals surface area contributed by atoms with Gasteiger partial charge in [0.25, 0.3) is 0 Å². The number of nitrogens with zero attached hydrogens (tertiary/aromatic N) is 1. The molecule has 0 heterocycles. The Bertz CT molecular complexity index is 503. The minimum atomic E-state index is 0.381. The molecular weight excluding hydrogens is 244 g/mol. The summed E-state index contributed by atoms with van der Waals surface area (Å²) in [5.41, 5.74) is 3.76. The molecule has 0 fully saturated rings. The highest BCUT2D eigenvalue weighted by atomic mass is 15.1. The van der Waals surface area contributed by atoms with E-state index in [9.17, 15) is 0 Å². The third kappa shape index (κ3) is 3.77. The molecule has 0 radical (unpaired) electrons. The topological polar surface area (TPSA) is 15.3 Å². The Morgan fingerprint density at radius 2 is 1.60 bits per heavy atom. The quantitative estimate of drug-likeness (QED) is 0.816. The average Bonchev–Trinajstić information content (AvgIpc) is 2.48. The number of hydrogen-bond acceptors (Lipinski definition) is 2. The van der Waals surface area contributed by atoms with Crippen molar-refractivity contribution >= 4 is 11.4 Å². The highest BCUT2D eigenvalue weighted by molar-refractivity contribution is 5.55. The van der Waals surface area contributed by atoms with Crippen LogP contribution in [0.3, 0.4) is 0 Å². The number of hydrogen-bond donors (Lipinski definition) is 1. The molecule has 20 heavy (non-hydrogen) atoms. The summed E-state index contributed by atoms with van der Waals surface area (Å²) in [6.45, 7) is 2.23. The van der Waals surface area contributed by atoms with Gasteiger partial charge in [0.05, 0.1) is 6.04 Å².